The maximum atomic E-state index is 12.5. The van der Waals surface area contributed by atoms with E-state index in [-0.39, 0.29) is 11.3 Å². The lowest BCUT2D eigenvalue weighted by Crippen LogP contribution is -2.14. The molecule has 0 atom stereocenters. The van der Waals surface area contributed by atoms with Crippen LogP contribution < -0.4 is 5.32 Å². The van der Waals surface area contributed by atoms with Gasteiger partial charge in [-0.05, 0) is 55.3 Å². The van der Waals surface area contributed by atoms with Gasteiger partial charge in [-0.25, -0.2) is 0 Å². The number of carbonyl (C=O) groups is 1. The summed E-state index contributed by atoms with van der Waals surface area (Å²) in [5, 5.41) is 23.4. The van der Waals surface area contributed by atoms with Crippen LogP contribution >= 0.6 is 11.6 Å². The van der Waals surface area contributed by atoms with Gasteiger partial charge in [0.25, 0.3) is 11.6 Å². The number of nitrogens with one attached hydrogen (secondary N) is 1. The third-order valence-corrected chi connectivity index (χ3v) is 4.65. The second-order valence-corrected chi connectivity index (χ2v) is 6.98. The quantitative estimate of drug-likeness (QED) is 0.247. The zero-order chi connectivity index (χ0) is 21.8. The molecule has 1 amide bonds. The molecule has 0 fully saturated rings. The minimum atomic E-state index is -0.590. The summed E-state index contributed by atoms with van der Waals surface area (Å²) in [4.78, 5) is 22.9. The molecule has 0 aliphatic carbocycles. The fraction of sp³-hybridized carbons (Fsp3) is 0.0909. The molecule has 3 rings (SSSR count). The first-order chi connectivity index (χ1) is 14.3. The molecule has 0 unspecified atom stereocenters. The largest absolute Gasteiger partial charge is 0.457 e. The van der Waals surface area contributed by atoms with Crippen LogP contribution in [0.4, 0.5) is 11.4 Å². The Morgan fingerprint density at radius 3 is 2.60 bits per heavy atom. The number of hydrogen-bond acceptors (Lipinski definition) is 5. The number of halogens is 1. The molecule has 0 spiro atoms. The Bertz CT molecular complexity index is 1220. The number of furan rings is 1. The van der Waals surface area contributed by atoms with Gasteiger partial charge in [-0.3, -0.25) is 14.9 Å². The predicted octanol–water partition coefficient (Wildman–Crippen LogP) is 5.67. The summed E-state index contributed by atoms with van der Waals surface area (Å²) >= 11 is 5.96. The highest BCUT2D eigenvalue weighted by atomic mass is 35.5. The first kappa shape index (κ1) is 20.8. The van der Waals surface area contributed by atoms with Crippen molar-refractivity contribution in [1.29, 1.82) is 5.26 Å². The third kappa shape index (κ3) is 4.57. The van der Waals surface area contributed by atoms with E-state index < -0.39 is 10.8 Å². The van der Waals surface area contributed by atoms with Gasteiger partial charge in [0.2, 0.25) is 0 Å². The second kappa shape index (κ2) is 8.64. The van der Waals surface area contributed by atoms with Crippen LogP contribution in [0.1, 0.15) is 16.9 Å². The smallest absolute Gasteiger partial charge is 0.269 e. The van der Waals surface area contributed by atoms with Crippen LogP contribution in [0.2, 0.25) is 5.02 Å². The number of hydrogen-bond donors (Lipinski definition) is 1. The van der Waals surface area contributed by atoms with Gasteiger partial charge in [0, 0.05) is 34.5 Å². The van der Waals surface area contributed by atoms with Gasteiger partial charge in [-0.2, -0.15) is 5.26 Å². The first-order valence-electron chi connectivity index (χ1n) is 8.83. The zero-order valence-electron chi connectivity index (χ0n) is 16.1. The number of nitriles is 1. The van der Waals surface area contributed by atoms with Crippen molar-refractivity contribution < 1.29 is 14.1 Å². The zero-order valence-corrected chi connectivity index (χ0v) is 16.9. The van der Waals surface area contributed by atoms with Crippen LogP contribution in [0.3, 0.4) is 0 Å². The van der Waals surface area contributed by atoms with Crippen molar-refractivity contribution in [3.8, 4) is 17.4 Å². The minimum absolute atomic E-state index is 0.0114. The molecule has 2 aromatic carbocycles. The van der Waals surface area contributed by atoms with E-state index in [1.54, 1.807) is 43.3 Å². The van der Waals surface area contributed by atoms with Gasteiger partial charge in [0.15, 0.2) is 0 Å². The summed E-state index contributed by atoms with van der Waals surface area (Å²) in [6, 6.07) is 14.7. The number of rotatable bonds is 5. The Balaban J connectivity index is 1.85. The molecular weight excluding hydrogens is 406 g/mol. The molecule has 0 aliphatic rings. The van der Waals surface area contributed by atoms with Crippen molar-refractivity contribution >= 4 is 35.0 Å². The van der Waals surface area contributed by atoms with E-state index in [2.05, 4.69) is 5.32 Å². The van der Waals surface area contributed by atoms with Gasteiger partial charge in [-0.15, -0.1) is 0 Å². The summed E-state index contributed by atoms with van der Waals surface area (Å²) < 4.78 is 5.73. The number of aryl methyl sites for hydroxylation is 2. The molecule has 1 heterocycles. The van der Waals surface area contributed by atoms with Crippen LogP contribution in [0.5, 0.6) is 0 Å². The first-order valence-corrected chi connectivity index (χ1v) is 9.21. The van der Waals surface area contributed by atoms with Crippen LogP contribution in [-0.2, 0) is 4.79 Å². The second-order valence-electron chi connectivity index (χ2n) is 6.54. The van der Waals surface area contributed by atoms with Gasteiger partial charge < -0.3 is 9.73 Å². The number of amides is 1. The summed E-state index contributed by atoms with van der Waals surface area (Å²) in [5.41, 5.74) is 2.51. The van der Waals surface area contributed by atoms with Crippen LogP contribution in [0, 0.1) is 35.3 Å². The Labute approximate surface area is 177 Å². The normalized spacial score (nSPS) is 11.1. The van der Waals surface area contributed by atoms with E-state index in [1.165, 1.54) is 18.2 Å². The third-order valence-electron chi connectivity index (χ3n) is 4.41. The average Bonchev–Trinajstić information content (AvgIpc) is 3.17. The minimum Gasteiger partial charge on any atom is -0.457 e. The molecule has 30 heavy (non-hydrogen) atoms. The highest BCUT2D eigenvalue weighted by molar-refractivity contribution is 6.31. The van der Waals surface area contributed by atoms with Gasteiger partial charge in [0.05, 0.1) is 4.92 Å². The van der Waals surface area contributed by atoms with Crippen molar-refractivity contribution in [1.82, 2.24) is 0 Å². The molecule has 0 radical (unpaired) electrons. The molecule has 0 bridgehead atoms. The van der Waals surface area contributed by atoms with Crippen molar-refractivity contribution in [2.24, 2.45) is 0 Å². The van der Waals surface area contributed by atoms with Crippen LogP contribution in [-0.4, -0.2) is 10.8 Å². The Kier molecular flexibility index (Phi) is 6.00. The van der Waals surface area contributed by atoms with Crippen molar-refractivity contribution in [2.45, 2.75) is 13.8 Å². The van der Waals surface area contributed by atoms with Crippen molar-refractivity contribution in [3.05, 3.63) is 86.1 Å². The van der Waals surface area contributed by atoms with Crippen molar-refractivity contribution in [3.63, 3.8) is 0 Å². The molecule has 1 aromatic heterocycles. The molecule has 0 aliphatic heterocycles. The van der Waals surface area contributed by atoms with E-state index in [0.717, 1.165) is 5.56 Å². The Morgan fingerprint density at radius 1 is 1.17 bits per heavy atom. The highest BCUT2D eigenvalue weighted by Crippen LogP contribution is 2.29. The average molecular weight is 422 g/mol. The number of benzene rings is 2. The lowest BCUT2D eigenvalue weighted by atomic mass is 10.1. The summed E-state index contributed by atoms with van der Waals surface area (Å²) in [5.74, 6) is 0.182. The number of nitrogens with zero attached hydrogens (tertiary/aromatic N) is 2. The van der Waals surface area contributed by atoms with Crippen LogP contribution in [0.15, 0.2) is 58.5 Å². The van der Waals surface area contributed by atoms with E-state index >= 15 is 0 Å². The van der Waals surface area contributed by atoms with Crippen LogP contribution in [0.25, 0.3) is 17.4 Å². The number of nitro benzene ring substituents is 1. The Hall–Kier alpha value is -3.89. The molecule has 0 saturated carbocycles. The molecule has 7 nitrogen and oxygen atoms in total. The van der Waals surface area contributed by atoms with E-state index in [9.17, 15) is 20.2 Å². The maximum absolute atomic E-state index is 12.5. The fourth-order valence-electron chi connectivity index (χ4n) is 2.82. The molecular formula is C22H16ClN3O4. The molecule has 8 heteroatoms. The van der Waals surface area contributed by atoms with E-state index in [1.807, 2.05) is 13.0 Å². The monoisotopic (exact) mass is 421 g/mol. The molecule has 1 N–H and O–H groups in total. The predicted molar refractivity (Wildman–Crippen MR) is 114 cm³/mol. The number of nitro groups is 1. The molecule has 150 valence electrons. The van der Waals surface area contributed by atoms with Gasteiger partial charge in [-0.1, -0.05) is 17.7 Å². The summed E-state index contributed by atoms with van der Waals surface area (Å²) in [6.45, 7) is 3.55. The lowest BCUT2D eigenvalue weighted by Gasteiger charge is -2.08. The lowest BCUT2D eigenvalue weighted by molar-refractivity contribution is -0.384. The SMILES string of the molecule is Cc1ccc(Cl)cc1NC(=O)/C(C#N)=C/c1ccc(-c2ccc([N+](=O)[O-])cc2C)o1. The summed E-state index contributed by atoms with van der Waals surface area (Å²) in [6.07, 6.45) is 1.33. The van der Waals surface area contributed by atoms with E-state index in [0.29, 0.717) is 33.4 Å². The Morgan fingerprint density at radius 2 is 1.93 bits per heavy atom. The standard InChI is InChI=1S/C22H16ClN3O4/c1-13-3-4-16(23)11-20(13)25-22(27)15(12-24)10-18-6-8-21(30-18)19-7-5-17(26(28)29)9-14(19)2/h3-11H,1-2H3,(H,25,27)/b15-10+. The number of carbonyl (C=O) groups excluding carboxylic acids is 1. The maximum Gasteiger partial charge on any atom is 0.269 e. The molecule has 3 aromatic rings. The van der Waals surface area contributed by atoms with E-state index in [4.69, 9.17) is 16.0 Å². The highest BCUT2D eigenvalue weighted by Gasteiger charge is 2.15. The number of non-ortho nitro benzene ring substituents is 1. The molecule has 0 saturated heterocycles. The number of anilines is 1. The van der Waals surface area contributed by atoms with Gasteiger partial charge in [0.1, 0.15) is 23.2 Å². The fourth-order valence-corrected chi connectivity index (χ4v) is 2.99. The van der Waals surface area contributed by atoms with Crippen molar-refractivity contribution in [2.75, 3.05) is 5.32 Å². The van der Waals surface area contributed by atoms with Gasteiger partial charge >= 0.3 is 0 Å². The summed E-state index contributed by atoms with van der Waals surface area (Å²) in [7, 11) is 0. The topological polar surface area (TPSA) is 109 Å².